The van der Waals surface area contributed by atoms with Crippen molar-refractivity contribution in [3.63, 3.8) is 0 Å². The molecule has 0 radical (unpaired) electrons. The van der Waals surface area contributed by atoms with Gasteiger partial charge in [0.2, 0.25) is 5.95 Å². The van der Waals surface area contributed by atoms with Gasteiger partial charge in [0.05, 0.1) is 73.0 Å². The molecule has 0 aliphatic heterocycles. The molecule has 14 aromatic rings. The Morgan fingerprint density at radius 2 is 0.859 bits per heavy atom. The first-order valence-electron chi connectivity index (χ1n) is 35.2. The minimum atomic E-state index is -1.08. The Balaban J connectivity index is 1.24. The number of hydrogen-bond acceptors (Lipinski definition) is 5. The summed E-state index contributed by atoms with van der Waals surface area (Å²) in [6.45, 7) is 0. The van der Waals surface area contributed by atoms with E-state index in [1.807, 2.05) is 0 Å². The number of benzene rings is 9. The third kappa shape index (κ3) is 5.06. The number of nitrogens with zero attached hydrogens (tertiary/aromatic N) is 5. The van der Waals surface area contributed by atoms with Crippen LogP contribution in [0.5, 0.6) is 0 Å². The Labute approximate surface area is 411 Å². The van der Waals surface area contributed by atoms with Crippen LogP contribution in [0.3, 0.4) is 0 Å². The van der Waals surface area contributed by atoms with Crippen LogP contribution in [0.4, 0.5) is 0 Å². The number of furan rings is 2. The summed E-state index contributed by atoms with van der Waals surface area (Å²) in [5.74, 6) is -2.79. The first kappa shape index (κ1) is 15.8. The summed E-state index contributed by atoms with van der Waals surface area (Å²) in [6, 6.07) is -31.2. The van der Waals surface area contributed by atoms with E-state index in [-0.39, 0.29) is 0 Å². The fraction of sp³-hybridized carbons (Fsp3) is 0. The van der Waals surface area contributed by atoms with Gasteiger partial charge in [-0.05, 0) is 59.5 Å². The quantitative estimate of drug-likeness (QED) is 0.172. The molecule has 0 atom stereocenters. The molecule has 64 heavy (non-hydrogen) atoms. The maximum atomic E-state index is 10.5. The first-order valence-corrected chi connectivity index (χ1v) is 18.7. The van der Waals surface area contributed by atoms with Gasteiger partial charge in [0.25, 0.3) is 0 Å². The van der Waals surface area contributed by atoms with Gasteiger partial charge in [-0.1, -0.05) is 145 Å². The normalized spacial score (nSPS) is 19.3. The molecular formula is C57H33N5O2. The van der Waals surface area contributed by atoms with Gasteiger partial charge >= 0.3 is 0 Å². The summed E-state index contributed by atoms with van der Waals surface area (Å²) in [5.41, 5.74) is -9.72. The van der Waals surface area contributed by atoms with Crippen LogP contribution >= 0.6 is 0 Å². The molecule has 0 aliphatic rings. The minimum Gasteiger partial charge on any atom is -0.456 e. The lowest BCUT2D eigenvalue weighted by Crippen LogP contribution is -2.06. The highest BCUT2D eigenvalue weighted by Crippen LogP contribution is 2.44. The van der Waals surface area contributed by atoms with E-state index in [1.54, 1.807) is 0 Å². The second-order valence-electron chi connectivity index (χ2n) is 13.8. The van der Waals surface area contributed by atoms with E-state index in [1.165, 1.54) is 0 Å². The molecule has 0 aliphatic carbocycles. The molecule has 0 saturated heterocycles. The predicted octanol–water partition coefficient (Wildman–Crippen LogP) is 14.9. The zero-order valence-electron chi connectivity index (χ0n) is 64.6. The number of para-hydroxylation sites is 4. The molecule has 0 fully saturated rings. The van der Waals surface area contributed by atoms with Crippen molar-refractivity contribution in [1.29, 1.82) is 0 Å². The van der Waals surface area contributed by atoms with Crippen molar-refractivity contribution in [3.8, 4) is 45.5 Å². The van der Waals surface area contributed by atoms with E-state index >= 15 is 0 Å². The molecule has 7 heteroatoms. The van der Waals surface area contributed by atoms with Gasteiger partial charge in [-0.25, -0.2) is 4.98 Å². The van der Waals surface area contributed by atoms with Crippen molar-refractivity contribution < 1.29 is 54.1 Å². The molecule has 0 saturated carbocycles. The summed E-state index contributed by atoms with van der Waals surface area (Å²) in [5, 5.41) is -4.95. The molecule has 5 aromatic heterocycles. The summed E-state index contributed by atoms with van der Waals surface area (Å²) < 4.78 is 315. The van der Waals surface area contributed by atoms with Gasteiger partial charge in [-0.15, -0.1) is 0 Å². The van der Waals surface area contributed by atoms with Crippen LogP contribution in [-0.2, 0) is 0 Å². The number of fused-ring (bicyclic) bond motifs is 12. The van der Waals surface area contributed by atoms with E-state index in [9.17, 15) is 15.1 Å². The molecule has 0 N–H and O–H groups in total. The fourth-order valence-electron chi connectivity index (χ4n) is 7.85. The standard InChI is InChI=1S/C57H33N5O2/c1-3-16-34(17-4-1)42-30-36(31-52-54(42)40-23-10-14-28-50(40)64-52)61-45-25-11-7-20-37(45)43-33-48-44(32-47(43)61)38-21-8-12-26-46(38)62(48)57-59-55(35-18-5-2-6-19-35)58-56(60-57)41-24-15-29-51-53(41)39-22-9-13-27-49(39)63-51/h1-33H/i1D,2D,3D,4D,5D,6D,7D,8D,9D,10D,11D,12D,13D,14D,15D,16D,17D,18D,19D,20D,21D,22D,23D,24D,25D,26D,27D,28D,29D,30D,31D,32D,33D. The van der Waals surface area contributed by atoms with Gasteiger partial charge in [-0.2, -0.15) is 9.97 Å². The van der Waals surface area contributed by atoms with Crippen molar-refractivity contribution in [3.05, 3.63) is 199 Å². The SMILES string of the molecule is [2H]c1c([2H])c([2H])c(-c2nc(-c3c([2H])c([2H])c([2H])c4oc5c([2H])c([2H])c([2H])c([2H])c5c34)nc(-n3c4c([2H])c([2H])c([2H])c([2H])c4c4c([2H])c5c(c([2H])c43)c3c([2H])c([2H])c([2H])c([2H])c3n5-c3c([2H])c(-c4c([2H])c([2H])c([2H])c([2H])c4[2H])c4c(oc5c([2H])c([2H])c([2H])c([2H])c54)c3[2H])n2)c([2H])c1[2H]. The lowest BCUT2D eigenvalue weighted by Gasteiger charge is -2.12. The molecule has 298 valence electrons. The average molecular weight is 853 g/mol. The zero-order valence-corrected chi connectivity index (χ0v) is 31.6. The van der Waals surface area contributed by atoms with Crippen molar-refractivity contribution >= 4 is 87.5 Å². The largest absolute Gasteiger partial charge is 0.456 e. The number of hydrogen-bond donors (Lipinski definition) is 0. The minimum absolute atomic E-state index is 0.496. The van der Waals surface area contributed by atoms with Crippen molar-refractivity contribution in [1.82, 2.24) is 24.1 Å². The monoisotopic (exact) mass is 852 g/mol. The Morgan fingerprint density at radius 1 is 0.344 bits per heavy atom. The highest BCUT2D eigenvalue weighted by molar-refractivity contribution is 6.20. The fourth-order valence-corrected chi connectivity index (χ4v) is 7.85. The molecule has 0 unspecified atom stereocenters. The van der Waals surface area contributed by atoms with Crippen molar-refractivity contribution in [2.24, 2.45) is 0 Å². The molecule has 9 aromatic carbocycles. The van der Waals surface area contributed by atoms with Crippen LogP contribution in [0.15, 0.2) is 208 Å². The highest BCUT2D eigenvalue weighted by Gasteiger charge is 2.24. The lowest BCUT2D eigenvalue weighted by molar-refractivity contribution is 0.668. The molecule has 5 heterocycles. The zero-order chi connectivity index (χ0) is 70.6. The third-order valence-corrected chi connectivity index (χ3v) is 10.4. The molecule has 0 amide bonds. The van der Waals surface area contributed by atoms with E-state index < -0.39 is 332 Å². The Kier molecular flexibility index (Phi) is 3.30. The topological polar surface area (TPSA) is 74.8 Å². The van der Waals surface area contributed by atoms with E-state index in [2.05, 4.69) is 15.0 Å². The maximum absolute atomic E-state index is 10.5. The van der Waals surface area contributed by atoms with Gasteiger partial charge in [0.1, 0.15) is 22.3 Å². The van der Waals surface area contributed by atoms with Crippen LogP contribution in [0.2, 0.25) is 0 Å². The predicted molar refractivity (Wildman–Crippen MR) is 259 cm³/mol. The second kappa shape index (κ2) is 13.3. The second-order valence-corrected chi connectivity index (χ2v) is 13.8. The van der Waals surface area contributed by atoms with Crippen LogP contribution in [0.25, 0.3) is 133 Å². The average Bonchev–Trinajstić information content (AvgIpc) is 1.53. The van der Waals surface area contributed by atoms with E-state index in [0.29, 0.717) is 0 Å². The van der Waals surface area contributed by atoms with E-state index in [4.69, 9.17) is 39.0 Å². The Hall–Kier alpha value is -8.81. The van der Waals surface area contributed by atoms with E-state index in [0.717, 1.165) is 9.13 Å². The maximum Gasteiger partial charge on any atom is 0.238 e. The summed E-state index contributed by atoms with van der Waals surface area (Å²) in [6.07, 6.45) is 0. The molecule has 7 nitrogen and oxygen atoms in total. The van der Waals surface area contributed by atoms with Gasteiger partial charge in [-0.3, -0.25) is 4.57 Å². The molecular weight excluding hydrogens is 787 g/mol. The van der Waals surface area contributed by atoms with Gasteiger partial charge < -0.3 is 13.4 Å². The molecule has 14 rings (SSSR count). The van der Waals surface area contributed by atoms with Crippen LogP contribution in [0.1, 0.15) is 45.2 Å². The van der Waals surface area contributed by atoms with Crippen LogP contribution in [-0.4, -0.2) is 24.1 Å². The third-order valence-electron chi connectivity index (χ3n) is 10.4. The lowest BCUT2D eigenvalue weighted by atomic mass is 9.98. The number of aromatic nitrogens is 5. The van der Waals surface area contributed by atoms with Crippen molar-refractivity contribution in [2.75, 3.05) is 0 Å². The van der Waals surface area contributed by atoms with Gasteiger partial charge in [0.15, 0.2) is 11.6 Å². The Bertz CT molecular complexity index is 6130. The van der Waals surface area contributed by atoms with Gasteiger partial charge in [0, 0.05) is 60.3 Å². The highest BCUT2D eigenvalue weighted by atomic mass is 16.3. The molecule has 0 spiro atoms. The summed E-state index contributed by atoms with van der Waals surface area (Å²) in [4.78, 5) is 13.7. The summed E-state index contributed by atoms with van der Waals surface area (Å²) >= 11 is 0. The summed E-state index contributed by atoms with van der Waals surface area (Å²) in [7, 11) is 0. The Morgan fingerprint density at radius 3 is 1.55 bits per heavy atom. The van der Waals surface area contributed by atoms with Crippen LogP contribution in [0, 0.1) is 0 Å². The van der Waals surface area contributed by atoms with Crippen molar-refractivity contribution in [2.45, 2.75) is 0 Å². The first-order chi connectivity index (χ1) is 45.5. The smallest absolute Gasteiger partial charge is 0.238 e. The molecule has 0 bridgehead atoms. The van der Waals surface area contributed by atoms with Crippen LogP contribution < -0.4 is 0 Å². The number of rotatable bonds is 5.